The van der Waals surface area contributed by atoms with E-state index in [-0.39, 0.29) is 29.9 Å². The monoisotopic (exact) mass is 482 g/mol. The van der Waals surface area contributed by atoms with Crippen molar-refractivity contribution in [1.82, 2.24) is 19.8 Å². The van der Waals surface area contributed by atoms with Crippen LogP contribution in [0, 0.1) is 13.8 Å². The largest absolute Gasteiger partial charge is 0.361 e. The predicted octanol–water partition coefficient (Wildman–Crippen LogP) is 2.29. The van der Waals surface area contributed by atoms with Gasteiger partial charge in [-0.25, -0.2) is 13.2 Å². The number of carbonyl (C=O) groups excluding carboxylic acids is 3. The van der Waals surface area contributed by atoms with E-state index < -0.39 is 27.8 Å². The Bertz CT molecular complexity index is 1430. The average Bonchev–Trinajstić information content (AvgIpc) is 3.50. The van der Waals surface area contributed by atoms with Crippen molar-refractivity contribution in [3.05, 3.63) is 59.0 Å². The van der Waals surface area contributed by atoms with Gasteiger partial charge in [-0.05, 0) is 38.0 Å². The first-order valence-corrected chi connectivity index (χ1v) is 13.1. The van der Waals surface area contributed by atoms with Gasteiger partial charge in [0, 0.05) is 46.5 Å². The second-order valence-corrected chi connectivity index (χ2v) is 11.4. The average molecular weight is 483 g/mol. The SMILES string of the molecule is Cc1cc(C(=O)CN2C(=O)N[C@@H](Cc3c[nH]c4ccccc34)C2=O)c(C)n1[C@H]1CCS(=O)(=O)C1. The molecule has 2 saturated heterocycles. The van der Waals surface area contributed by atoms with E-state index >= 15 is 0 Å². The molecule has 9 nitrogen and oxygen atoms in total. The lowest BCUT2D eigenvalue weighted by molar-refractivity contribution is -0.127. The van der Waals surface area contributed by atoms with Gasteiger partial charge in [0.1, 0.15) is 6.04 Å². The number of carbonyl (C=O) groups is 3. The number of ketones is 1. The molecule has 2 N–H and O–H groups in total. The molecule has 3 aromatic rings. The maximum absolute atomic E-state index is 13.1. The maximum Gasteiger partial charge on any atom is 0.325 e. The number of H-pyrrole nitrogens is 1. The maximum atomic E-state index is 13.1. The second kappa shape index (κ2) is 8.12. The Hall–Kier alpha value is -3.40. The standard InChI is InChI=1S/C24H26N4O5S/c1-14-9-19(15(2)28(14)17-7-8-34(32,33)13-17)22(29)12-27-23(30)21(26-24(27)31)10-16-11-25-20-6-4-3-5-18(16)20/h3-6,9,11,17,21,25H,7-8,10,12-13H2,1-2H3,(H,26,31)/t17-,21-/m0/s1. The summed E-state index contributed by atoms with van der Waals surface area (Å²) in [6.45, 7) is 3.25. The molecule has 0 aliphatic carbocycles. The van der Waals surface area contributed by atoms with Gasteiger partial charge in [0.2, 0.25) is 0 Å². The summed E-state index contributed by atoms with van der Waals surface area (Å²) in [5.41, 5.74) is 3.72. The number of benzene rings is 1. The number of sulfone groups is 1. The van der Waals surface area contributed by atoms with Crippen LogP contribution in [0.25, 0.3) is 10.9 Å². The fourth-order valence-corrected chi connectivity index (χ4v) is 6.91. The Kier molecular flexibility index (Phi) is 5.35. The number of aromatic amines is 1. The van der Waals surface area contributed by atoms with Crippen molar-refractivity contribution in [2.24, 2.45) is 0 Å². The number of imide groups is 1. The van der Waals surface area contributed by atoms with Crippen LogP contribution in [0.15, 0.2) is 36.5 Å². The highest BCUT2D eigenvalue weighted by Gasteiger charge is 2.40. The summed E-state index contributed by atoms with van der Waals surface area (Å²) in [5, 5.41) is 3.68. The van der Waals surface area contributed by atoms with Crippen molar-refractivity contribution in [2.75, 3.05) is 18.1 Å². The lowest BCUT2D eigenvalue weighted by Crippen LogP contribution is -2.36. The quantitative estimate of drug-likeness (QED) is 0.412. The van der Waals surface area contributed by atoms with Crippen molar-refractivity contribution < 1.29 is 22.8 Å². The van der Waals surface area contributed by atoms with Gasteiger partial charge in [-0.1, -0.05) is 18.2 Å². The van der Waals surface area contributed by atoms with E-state index in [0.717, 1.165) is 27.1 Å². The van der Waals surface area contributed by atoms with Gasteiger partial charge < -0.3 is 14.9 Å². The molecule has 2 aliphatic rings. The molecule has 3 amide bonds. The summed E-state index contributed by atoms with van der Waals surface area (Å²) in [6.07, 6.45) is 2.66. The van der Waals surface area contributed by atoms with Crippen molar-refractivity contribution in [1.29, 1.82) is 0 Å². The van der Waals surface area contributed by atoms with Crippen LogP contribution in [-0.4, -0.2) is 64.7 Å². The van der Waals surface area contributed by atoms with Crippen LogP contribution < -0.4 is 5.32 Å². The molecule has 34 heavy (non-hydrogen) atoms. The number of nitrogens with zero attached hydrogens (tertiary/aromatic N) is 2. The number of hydrogen-bond acceptors (Lipinski definition) is 5. The smallest absolute Gasteiger partial charge is 0.325 e. The molecular formula is C24H26N4O5S. The summed E-state index contributed by atoms with van der Waals surface area (Å²) in [6, 6.07) is 7.91. The Balaban J connectivity index is 1.32. The topological polar surface area (TPSA) is 121 Å². The van der Waals surface area contributed by atoms with Crippen LogP contribution in [0.2, 0.25) is 0 Å². The molecule has 2 atom stereocenters. The zero-order chi connectivity index (χ0) is 24.2. The van der Waals surface area contributed by atoms with Crippen LogP contribution in [0.3, 0.4) is 0 Å². The van der Waals surface area contributed by atoms with E-state index in [1.54, 1.807) is 13.0 Å². The lowest BCUT2D eigenvalue weighted by atomic mass is 10.0. The normalized spacial score (nSPS) is 22.0. The Morgan fingerprint density at radius 1 is 1.18 bits per heavy atom. The number of hydrogen-bond donors (Lipinski definition) is 2. The number of para-hydroxylation sites is 1. The molecule has 1 aromatic carbocycles. The number of amides is 3. The third kappa shape index (κ3) is 3.81. The minimum absolute atomic E-state index is 0.0551. The van der Waals surface area contributed by atoms with E-state index in [1.807, 2.05) is 42.0 Å². The lowest BCUT2D eigenvalue weighted by Gasteiger charge is -2.16. The Labute approximate surface area is 197 Å². The summed E-state index contributed by atoms with van der Waals surface area (Å²) in [7, 11) is -3.08. The molecule has 5 rings (SSSR count). The Morgan fingerprint density at radius 3 is 2.68 bits per heavy atom. The second-order valence-electron chi connectivity index (χ2n) is 9.12. The van der Waals surface area contributed by atoms with Gasteiger partial charge in [-0.15, -0.1) is 0 Å². The van der Waals surface area contributed by atoms with Crippen LogP contribution in [0.4, 0.5) is 4.79 Å². The highest BCUT2D eigenvalue weighted by atomic mass is 32.2. The van der Waals surface area contributed by atoms with E-state index in [0.29, 0.717) is 24.1 Å². The number of Topliss-reactive ketones (excluding diaryl/α,β-unsaturated/α-hetero) is 1. The fourth-order valence-electron chi connectivity index (χ4n) is 5.21. The molecule has 0 unspecified atom stereocenters. The molecule has 2 aliphatic heterocycles. The van der Waals surface area contributed by atoms with Gasteiger partial charge in [0.15, 0.2) is 15.6 Å². The molecule has 0 spiro atoms. The summed E-state index contributed by atoms with van der Waals surface area (Å²) < 4.78 is 25.7. The fraction of sp³-hybridized carbons (Fsp3) is 0.375. The first-order valence-electron chi connectivity index (χ1n) is 11.2. The van der Waals surface area contributed by atoms with Gasteiger partial charge in [0.05, 0.1) is 18.1 Å². The number of fused-ring (bicyclic) bond motifs is 1. The van der Waals surface area contributed by atoms with E-state index in [4.69, 9.17) is 0 Å². The predicted molar refractivity (Wildman–Crippen MR) is 127 cm³/mol. The molecule has 0 bridgehead atoms. The molecule has 2 fully saturated rings. The van der Waals surface area contributed by atoms with Crippen molar-refractivity contribution in [3.63, 3.8) is 0 Å². The minimum atomic E-state index is -3.08. The molecule has 2 aromatic heterocycles. The summed E-state index contributed by atoms with van der Waals surface area (Å²) in [4.78, 5) is 42.8. The van der Waals surface area contributed by atoms with Crippen LogP contribution in [0.1, 0.15) is 39.8 Å². The zero-order valence-corrected chi connectivity index (χ0v) is 19.8. The molecule has 178 valence electrons. The first kappa shape index (κ1) is 22.4. The zero-order valence-electron chi connectivity index (χ0n) is 19.0. The number of aryl methyl sites for hydroxylation is 1. The van der Waals surface area contributed by atoms with Gasteiger partial charge in [0.25, 0.3) is 5.91 Å². The number of nitrogens with one attached hydrogen (secondary N) is 2. The summed E-state index contributed by atoms with van der Waals surface area (Å²) >= 11 is 0. The molecule has 0 radical (unpaired) electrons. The van der Waals surface area contributed by atoms with E-state index in [1.165, 1.54) is 0 Å². The Morgan fingerprint density at radius 2 is 1.94 bits per heavy atom. The first-order chi connectivity index (χ1) is 16.1. The molecule has 0 saturated carbocycles. The third-order valence-electron chi connectivity index (χ3n) is 6.87. The molecular weight excluding hydrogens is 456 g/mol. The number of urea groups is 1. The molecule has 4 heterocycles. The summed E-state index contributed by atoms with van der Waals surface area (Å²) in [5.74, 6) is -0.589. The van der Waals surface area contributed by atoms with Crippen molar-refractivity contribution >= 4 is 38.5 Å². The van der Waals surface area contributed by atoms with Gasteiger partial charge in [-0.3, -0.25) is 14.5 Å². The third-order valence-corrected chi connectivity index (χ3v) is 8.62. The van der Waals surface area contributed by atoms with Crippen molar-refractivity contribution in [2.45, 2.75) is 38.8 Å². The highest BCUT2D eigenvalue weighted by Crippen LogP contribution is 2.29. The number of rotatable bonds is 6. The van der Waals surface area contributed by atoms with Crippen LogP contribution in [0.5, 0.6) is 0 Å². The van der Waals surface area contributed by atoms with Crippen LogP contribution >= 0.6 is 0 Å². The number of aromatic nitrogens is 2. The highest BCUT2D eigenvalue weighted by molar-refractivity contribution is 7.91. The van der Waals surface area contributed by atoms with Gasteiger partial charge >= 0.3 is 6.03 Å². The molecule has 10 heteroatoms. The van der Waals surface area contributed by atoms with Gasteiger partial charge in [-0.2, -0.15) is 0 Å². The van der Waals surface area contributed by atoms with Crippen LogP contribution in [-0.2, 0) is 21.1 Å². The minimum Gasteiger partial charge on any atom is -0.361 e. The van der Waals surface area contributed by atoms with E-state index in [9.17, 15) is 22.8 Å². The van der Waals surface area contributed by atoms with Crippen molar-refractivity contribution in [3.8, 4) is 0 Å². The van der Waals surface area contributed by atoms with E-state index in [2.05, 4.69) is 10.3 Å².